The highest BCUT2D eigenvalue weighted by Gasteiger charge is 2.54. The molecule has 0 spiro atoms. The smallest absolute Gasteiger partial charge is 0.409 e. The lowest BCUT2D eigenvalue weighted by molar-refractivity contribution is -0.136. The Kier molecular flexibility index (Phi) is 7.65. The number of benzene rings is 1. The first-order valence-corrected chi connectivity index (χ1v) is 16.5. The Morgan fingerprint density at radius 2 is 1.56 bits per heavy atom. The van der Waals surface area contributed by atoms with Gasteiger partial charge in [0.1, 0.15) is 6.04 Å². The van der Waals surface area contributed by atoms with Crippen LogP contribution < -0.4 is 5.32 Å². The van der Waals surface area contributed by atoms with Gasteiger partial charge >= 0.3 is 6.09 Å². The second-order valence-corrected chi connectivity index (χ2v) is 13.6. The van der Waals surface area contributed by atoms with E-state index in [-0.39, 0.29) is 23.3 Å². The van der Waals surface area contributed by atoms with Crippen molar-refractivity contribution in [3.05, 3.63) is 59.7 Å². The highest BCUT2D eigenvalue weighted by Crippen LogP contribution is 2.61. The van der Waals surface area contributed by atoms with Gasteiger partial charge in [-0.2, -0.15) is 10.2 Å². The molecule has 5 aliphatic rings. The summed E-state index contributed by atoms with van der Waals surface area (Å²) in [6, 6.07) is 9.43. The van der Waals surface area contributed by atoms with Gasteiger partial charge in [-0.1, -0.05) is 18.2 Å². The Morgan fingerprint density at radius 1 is 0.933 bits per heavy atom. The predicted molar refractivity (Wildman–Crippen MR) is 168 cm³/mol. The summed E-state index contributed by atoms with van der Waals surface area (Å²) in [5.74, 6) is 1.90. The molecule has 238 valence electrons. The van der Waals surface area contributed by atoms with Crippen LogP contribution in [-0.2, 0) is 14.9 Å². The molecule has 1 aromatic carbocycles. The lowest BCUT2D eigenvalue weighted by Gasteiger charge is -2.56. The molecule has 45 heavy (non-hydrogen) atoms. The van der Waals surface area contributed by atoms with E-state index in [0.717, 1.165) is 48.4 Å². The number of hydrogen-bond donors (Lipinski definition) is 1. The molecule has 0 radical (unpaired) electrons. The molecule has 1 aliphatic heterocycles. The zero-order valence-electron chi connectivity index (χ0n) is 26.4. The van der Waals surface area contributed by atoms with E-state index in [2.05, 4.69) is 10.4 Å². The fourth-order valence-electron chi connectivity index (χ4n) is 8.74. The van der Waals surface area contributed by atoms with Gasteiger partial charge in [0.05, 0.1) is 34.9 Å². The molecule has 3 aromatic rings. The van der Waals surface area contributed by atoms with Gasteiger partial charge in [-0.25, -0.2) is 9.48 Å². The van der Waals surface area contributed by atoms with E-state index in [4.69, 9.17) is 9.84 Å². The van der Waals surface area contributed by atoms with E-state index in [1.54, 1.807) is 27.6 Å². The Morgan fingerprint density at radius 3 is 2.18 bits per heavy atom. The van der Waals surface area contributed by atoms with Gasteiger partial charge in [0, 0.05) is 44.0 Å². The molecule has 4 bridgehead atoms. The Bertz CT molecular complexity index is 1550. The summed E-state index contributed by atoms with van der Waals surface area (Å²) in [4.78, 5) is 42.9. The summed E-state index contributed by atoms with van der Waals surface area (Å²) >= 11 is 0. The van der Waals surface area contributed by atoms with E-state index >= 15 is 0 Å². The number of amides is 3. The summed E-state index contributed by atoms with van der Waals surface area (Å²) in [6.45, 7) is 7.49. The molecule has 1 N–H and O–H groups in total. The molecule has 3 amide bonds. The van der Waals surface area contributed by atoms with Gasteiger partial charge in [0.25, 0.3) is 5.91 Å². The first kappa shape index (κ1) is 29.6. The molecule has 3 heterocycles. The van der Waals surface area contributed by atoms with Gasteiger partial charge in [-0.3, -0.25) is 14.3 Å². The average molecular weight is 614 g/mol. The molecule has 4 aliphatic carbocycles. The number of anilines is 1. The molecule has 2 aromatic heterocycles. The van der Waals surface area contributed by atoms with Crippen LogP contribution in [0.4, 0.5) is 10.5 Å². The number of nitrogens with zero attached hydrogens (tertiary/aromatic N) is 6. The maximum Gasteiger partial charge on any atom is 0.409 e. The molecular formula is C34H43N7O4. The minimum absolute atomic E-state index is 0.0566. The van der Waals surface area contributed by atoms with E-state index in [0.29, 0.717) is 49.7 Å². The normalized spacial score (nSPS) is 26.2. The molecule has 5 fully saturated rings. The summed E-state index contributed by atoms with van der Waals surface area (Å²) in [5, 5.41) is 12.9. The zero-order valence-corrected chi connectivity index (χ0v) is 26.4. The summed E-state index contributed by atoms with van der Waals surface area (Å²) in [5.41, 5.74) is 3.65. The van der Waals surface area contributed by atoms with Crippen molar-refractivity contribution < 1.29 is 19.1 Å². The first-order valence-electron chi connectivity index (χ1n) is 16.5. The minimum atomic E-state index is -0.563. The van der Waals surface area contributed by atoms with Crippen LogP contribution in [0.25, 0.3) is 5.69 Å². The number of rotatable bonds is 7. The van der Waals surface area contributed by atoms with Gasteiger partial charge < -0.3 is 19.9 Å². The van der Waals surface area contributed by atoms with E-state index in [1.807, 2.05) is 55.1 Å². The minimum Gasteiger partial charge on any atom is -0.450 e. The molecule has 11 heteroatoms. The van der Waals surface area contributed by atoms with Gasteiger partial charge in [0.2, 0.25) is 5.91 Å². The van der Waals surface area contributed by atoms with Crippen LogP contribution in [-0.4, -0.2) is 80.1 Å². The summed E-state index contributed by atoms with van der Waals surface area (Å²) in [6.07, 6.45) is 10.6. The van der Waals surface area contributed by atoms with Crippen molar-refractivity contribution in [3.63, 3.8) is 0 Å². The fourth-order valence-corrected chi connectivity index (χ4v) is 8.74. The zero-order chi connectivity index (χ0) is 31.3. The second kappa shape index (κ2) is 11.7. The molecule has 4 saturated carbocycles. The highest BCUT2D eigenvalue weighted by molar-refractivity contribution is 6.05. The van der Waals surface area contributed by atoms with Crippen molar-refractivity contribution in [2.24, 2.45) is 17.8 Å². The number of piperazine rings is 1. The summed E-state index contributed by atoms with van der Waals surface area (Å²) in [7, 11) is 0. The lowest BCUT2D eigenvalue weighted by atomic mass is 9.48. The van der Waals surface area contributed by atoms with E-state index in [9.17, 15) is 14.4 Å². The molecule has 1 unspecified atom stereocenters. The van der Waals surface area contributed by atoms with Crippen molar-refractivity contribution in [1.29, 1.82) is 0 Å². The number of aryl methyl sites for hydroxylation is 1. The average Bonchev–Trinajstić information content (AvgIpc) is 3.65. The SMILES string of the molecule is CCOC(=O)N1CCN(C(=O)C(C)n2cc(NC(=O)c3cn(-c4ccccc4)nc3C34CC5CC(CC(C5)C3)C4)c(C)n2)CC1. The van der Waals surface area contributed by atoms with Crippen LogP contribution in [0.3, 0.4) is 0 Å². The third-order valence-corrected chi connectivity index (χ3v) is 10.6. The van der Waals surface area contributed by atoms with Crippen LogP contribution in [0.1, 0.15) is 80.2 Å². The predicted octanol–water partition coefficient (Wildman–Crippen LogP) is 4.96. The van der Waals surface area contributed by atoms with E-state index in [1.165, 1.54) is 19.3 Å². The molecule has 8 rings (SSSR count). The van der Waals surface area contributed by atoms with Crippen LogP contribution in [0.2, 0.25) is 0 Å². The van der Waals surface area contributed by atoms with Crippen LogP contribution in [0.15, 0.2) is 42.7 Å². The van der Waals surface area contributed by atoms with Crippen molar-refractivity contribution >= 4 is 23.6 Å². The Labute approximate surface area is 263 Å². The second-order valence-electron chi connectivity index (χ2n) is 13.6. The standard InChI is InChI=1S/C34H43N7O4/c1-4-45-33(44)39-12-10-38(11-13-39)32(43)23(3)40-21-29(22(2)36-40)35-31(42)28-20-41(27-8-6-5-7-9-27)37-30(28)34-17-24-14-25(18-34)16-26(15-24)19-34/h5-9,20-21,23-26H,4,10-19H2,1-3H3,(H,35,42). The lowest BCUT2D eigenvalue weighted by Crippen LogP contribution is -2.52. The fraction of sp³-hybridized carbons (Fsp3) is 0.559. The van der Waals surface area contributed by atoms with Gasteiger partial charge in [-0.05, 0) is 89.2 Å². The van der Waals surface area contributed by atoms with Gasteiger partial charge in [0.15, 0.2) is 0 Å². The van der Waals surface area contributed by atoms with Gasteiger partial charge in [-0.15, -0.1) is 0 Å². The number of ether oxygens (including phenoxy) is 1. The molecular weight excluding hydrogens is 570 g/mol. The number of hydrogen-bond acceptors (Lipinski definition) is 6. The number of aromatic nitrogens is 4. The van der Waals surface area contributed by atoms with Crippen molar-refractivity contribution in [2.75, 3.05) is 38.1 Å². The highest BCUT2D eigenvalue weighted by atomic mass is 16.6. The number of nitrogens with one attached hydrogen (secondary N) is 1. The van der Waals surface area contributed by atoms with Crippen molar-refractivity contribution in [1.82, 2.24) is 29.4 Å². The quantitative estimate of drug-likeness (QED) is 0.403. The maximum absolute atomic E-state index is 14.1. The number of carbonyl (C=O) groups excluding carboxylic acids is 3. The Balaban J connectivity index is 1.10. The first-order chi connectivity index (χ1) is 21.7. The third kappa shape index (κ3) is 5.50. The van der Waals surface area contributed by atoms with E-state index < -0.39 is 6.04 Å². The van der Waals surface area contributed by atoms with Crippen LogP contribution in [0.5, 0.6) is 0 Å². The largest absolute Gasteiger partial charge is 0.450 e. The van der Waals surface area contributed by atoms with Crippen LogP contribution in [0, 0.1) is 24.7 Å². The summed E-state index contributed by atoms with van der Waals surface area (Å²) < 4.78 is 8.58. The molecule has 1 atom stereocenters. The molecule has 11 nitrogen and oxygen atoms in total. The number of para-hydroxylation sites is 1. The monoisotopic (exact) mass is 613 g/mol. The number of carbonyl (C=O) groups is 3. The van der Waals surface area contributed by atoms with Crippen LogP contribution >= 0.6 is 0 Å². The maximum atomic E-state index is 14.1. The van der Waals surface area contributed by atoms with Crippen molar-refractivity contribution in [2.45, 2.75) is 70.8 Å². The Hall–Kier alpha value is -4.15. The third-order valence-electron chi connectivity index (χ3n) is 10.6. The van der Waals surface area contributed by atoms with Crippen molar-refractivity contribution in [3.8, 4) is 5.69 Å². The topological polar surface area (TPSA) is 115 Å². The molecule has 1 saturated heterocycles.